The second-order valence-corrected chi connectivity index (χ2v) is 4.74. The fourth-order valence-corrected chi connectivity index (χ4v) is 1.81. The number of anilines is 1. The van der Waals surface area contributed by atoms with Crippen LogP contribution in [0.15, 0.2) is 48.7 Å². The molecule has 0 aliphatic carbocycles. The number of aromatic nitrogens is 1. The Morgan fingerprint density at radius 1 is 1.15 bits per heavy atom. The van der Waals surface area contributed by atoms with E-state index < -0.39 is 0 Å². The van der Waals surface area contributed by atoms with Crippen LogP contribution in [0.4, 0.5) is 5.69 Å². The molecule has 0 aliphatic rings. The standard InChI is InChI=1S/C16H21N3O/c1-19(2)15-7-5-8-16(12-15)20-11-10-17-13-14-6-3-4-9-18-14/h3-9,12,17H,10-11,13H2,1-2H3. The van der Waals surface area contributed by atoms with E-state index in [-0.39, 0.29) is 0 Å². The van der Waals surface area contributed by atoms with E-state index in [1.54, 1.807) is 6.20 Å². The number of nitrogens with zero attached hydrogens (tertiary/aromatic N) is 2. The summed E-state index contributed by atoms with van der Waals surface area (Å²) in [5, 5.41) is 3.31. The van der Waals surface area contributed by atoms with Crippen molar-refractivity contribution in [3.63, 3.8) is 0 Å². The minimum Gasteiger partial charge on any atom is -0.492 e. The minimum atomic E-state index is 0.643. The van der Waals surface area contributed by atoms with Crippen LogP contribution in [-0.2, 0) is 6.54 Å². The molecule has 1 aromatic heterocycles. The molecule has 0 saturated carbocycles. The van der Waals surface area contributed by atoms with Crippen molar-refractivity contribution < 1.29 is 4.74 Å². The average molecular weight is 271 g/mol. The molecule has 106 valence electrons. The molecule has 0 atom stereocenters. The maximum Gasteiger partial charge on any atom is 0.121 e. The molecular formula is C16H21N3O. The van der Waals surface area contributed by atoms with Crippen molar-refractivity contribution in [1.82, 2.24) is 10.3 Å². The molecule has 4 heteroatoms. The number of nitrogens with one attached hydrogen (secondary N) is 1. The van der Waals surface area contributed by atoms with Crippen LogP contribution < -0.4 is 15.0 Å². The van der Waals surface area contributed by atoms with E-state index in [1.165, 1.54) is 0 Å². The number of hydrogen-bond donors (Lipinski definition) is 1. The summed E-state index contributed by atoms with van der Waals surface area (Å²) in [6.45, 7) is 2.20. The normalized spacial score (nSPS) is 10.3. The van der Waals surface area contributed by atoms with Gasteiger partial charge in [-0.1, -0.05) is 12.1 Å². The molecule has 0 amide bonds. The van der Waals surface area contributed by atoms with Crippen LogP contribution in [0.5, 0.6) is 5.75 Å². The van der Waals surface area contributed by atoms with E-state index in [9.17, 15) is 0 Å². The molecular weight excluding hydrogens is 250 g/mol. The predicted octanol–water partition coefficient (Wildman–Crippen LogP) is 2.32. The van der Waals surface area contributed by atoms with Gasteiger partial charge in [0.2, 0.25) is 0 Å². The minimum absolute atomic E-state index is 0.643. The molecule has 0 spiro atoms. The molecule has 0 bridgehead atoms. The maximum absolute atomic E-state index is 5.73. The number of ether oxygens (including phenoxy) is 1. The van der Waals surface area contributed by atoms with Crippen molar-refractivity contribution in [3.8, 4) is 5.75 Å². The number of hydrogen-bond acceptors (Lipinski definition) is 4. The van der Waals surface area contributed by atoms with Gasteiger partial charge in [-0.15, -0.1) is 0 Å². The summed E-state index contributed by atoms with van der Waals surface area (Å²) in [6, 6.07) is 14.0. The summed E-state index contributed by atoms with van der Waals surface area (Å²) in [5.41, 5.74) is 2.19. The van der Waals surface area contributed by atoms with Crippen molar-refractivity contribution >= 4 is 5.69 Å². The summed E-state index contributed by atoms with van der Waals surface area (Å²) in [4.78, 5) is 6.32. The van der Waals surface area contributed by atoms with Crippen molar-refractivity contribution in [3.05, 3.63) is 54.4 Å². The third-order valence-electron chi connectivity index (χ3n) is 2.91. The molecule has 1 heterocycles. The van der Waals surface area contributed by atoms with Crippen molar-refractivity contribution in [2.24, 2.45) is 0 Å². The predicted molar refractivity (Wildman–Crippen MR) is 82.2 cm³/mol. The SMILES string of the molecule is CN(C)c1cccc(OCCNCc2ccccn2)c1. The van der Waals surface area contributed by atoms with Crippen LogP contribution in [0.25, 0.3) is 0 Å². The van der Waals surface area contributed by atoms with Gasteiger partial charge in [-0.05, 0) is 24.3 Å². The highest BCUT2D eigenvalue weighted by Gasteiger charge is 1.98. The zero-order valence-electron chi connectivity index (χ0n) is 12.0. The lowest BCUT2D eigenvalue weighted by Crippen LogP contribution is -2.21. The molecule has 1 aromatic carbocycles. The summed E-state index contributed by atoms with van der Waals surface area (Å²) >= 11 is 0. The lowest BCUT2D eigenvalue weighted by atomic mass is 10.3. The quantitative estimate of drug-likeness (QED) is 0.784. The summed E-state index contributed by atoms with van der Waals surface area (Å²) in [7, 11) is 4.04. The summed E-state index contributed by atoms with van der Waals surface area (Å²) < 4.78 is 5.73. The fraction of sp³-hybridized carbons (Fsp3) is 0.312. The smallest absolute Gasteiger partial charge is 0.121 e. The van der Waals surface area contributed by atoms with Gasteiger partial charge in [-0.25, -0.2) is 0 Å². The van der Waals surface area contributed by atoms with Crippen LogP contribution >= 0.6 is 0 Å². The number of rotatable bonds is 7. The van der Waals surface area contributed by atoms with E-state index in [2.05, 4.69) is 21.3 Å². The van der Waals surface area contributed by atoms with Crippen molar-refractivity contribution in [1.29, 1.82) is 0 Å². The van der Waals surface area contributed by atoms with E-state index in [0.717, 1.165) is 30.2 Å². The Morgan fingerprint density at radius 2 is 2.05 bits per heavy atom. The first-order valence-corrected chi connectivity index (χ1v) is 6.76. The maximum atomic E-state index is 5.73. The summed E-state index contributed by atoms with van der Waals surface area (Å²) in [6.07, 6.45) is 1.81. The van der Waals surface area contributed by atoms with Crippen LogP contribution in [-0.4, -0.2) is 32.2 Å². The van der Waals surface area contributed by atoms with Gasteiger partial charge >= 0.3 is 0 Å². The van der Waals surface area contributed by atoms with Gasteiger partial charge < -0.3 is 15.0 Å². The Labute approximate surface area is 120 Å². The van der Waals surface area contributed by atoms with Crippen molar-refractivity contribution in [2.75, 3.05) is 32.1 Å². The van der Waals surface area contributed by atoms with Gasteiger partial charge in [0.25, 0.3) is 0 Å². The number of benzene rings is 1. The second kappa shape index (κ2) is 7.50. The lowest BCUT2D eigenvalue weighted by molar-refractivity contribution is 0.313. The summed E-state index contributed by atoms with van der Waals surface area (Å²) in [5.74, 6) is 0.899. The van der Waals surface area contributed by atoms with Gasteiger partial charge in [-0.3, -0.25) is 4.98 Å². The molecule has 0 saturated heterocycles. The van der Waals surface area contributed by atoms with Gasteiger partial charge in [0.05, 0.1) is 5.69 Å². The first-order chi connectivity index (χ1) is 9.75. The second-order valence-electron chi connectivity index (χ2n) is 4.74. The van der Waals surface area contributed by atoms with Crippen LogP contribution in [0, 0.1) is 0 Å². The third kappa shape index (κ3) is 4.55. The van der Waals surface area contributed by atoms with Gasteiger partial charge in [-0.2, -0.15) is 0 Å². The first-order valence-electron chi connectivity index (χ1n) is 6.76. The zero-order valence-corrected chi connectivity index (χ0v) is 12.0. The Bertz CT molecular complexity index is 514. The van der Waals surface area contributed by atoms with Gasteiger partial charge in [0.15, 0.2) is 0 Å². The molecule has 0 radical (unpaired) electrons. The van der Waals surface area contributed by atoms with Gasteiger partial charge in [0.1, 0.15) is 12.4 Å². The lowest BCUT2D eigenvalue weighted by Gasteiger charge is -2.14. The first kappa shape index (κ1) is 14.3. The Morgan fingerprint density at radius 3 is 2.80 bits per heavy atom. The molecule has 1 N–H and O–H groups in total. The van der Waals surface area contributed by atoms with Crippen molar-refractivity contribution in [2.45, 2.75) is 6.54 Å². The molecule has 4 nitrogen and oxygen atoms in total. The van der Waals surface area contributed by atoms with Crippen LogP contribution in [0.2, 0.25) is 0 Å². The van der Waals surface area contributed by atoms with Crippen LogP contribution in [0.3, 0.4) is 0 Å². The van der Waals surface area contributed by atoms with Gasteiger partial charge in [0, 0.05) is 45.1 Å². The molecule has 2 rings (SSSR count). The largest absolute Gasteiger partial charge is 0.492 e. The van der Waals surface area contributed by atoms with Crippen LogP contribution in [0.1, 0.15) is 5.69 Å². The molecule has 2 aromatic rings. The third-order valence-corrected chi connectivity index (χ3v) is 2.91. The highest BCUT2D eigenvalue weighted by molar-refractivity contribution is 5.49. The topological polar surface area (TPSA) is 37.4 Å². The van der Waals surface area contributed by atoms with E-state index in [1.807, 2.05) is 50.5 Å². The highest BCUT2D eigenvalue weighted by atomic mass is 16.5. The van der Waals surface area contributed by atoms with E-state index in [4.69, 9.17) is 4.74 Å². The number of pyridine rings is 1. The monoisotopic (exact) mass is 271 g/mol. The fourth-order valence-electron chi connectivity index (χ4n) is 1.81. The van der Waals surface area contributed by atoms with E-state index in [0.29, 0.717) is 6.61 Å². The molecule has 0 unspecified atom stereocenters. The Hall–Kier alpha value is -2.07. The molecule has 20 heavy (non-hydrogen) atoms. The Kier molecular flexibility index (Phi) is 5.38. The Balaban J connectivity index is 1.69. The van der Waals surface area contributed by atoms with E-state index >= 15 is 0 Å². The average Bonchev–Trinajstić information content (AvgIpc) is 2.48. The zero-order chi connectivity index (χ0) is 14.2. The molecule has 0 aliphatic heterocycles. The highest BCUT2D eigenvalue weighted by Crippen LogP contribution is 2.18. The molecule has 0 fully saturated rings.